The average Bonchev–Trinajstić information content (AvgIpc) is 2.66. The maximum Gasteiger partial charge on any atom is 0.280 e. The molecular formula is C10H4BrCl3FNOS. The van der Waals surface area contributed by atoms with Gasteiger partial charge in [0.15, 0.2) is 0 Å². The van der Waals surface area contributed by atoms with E-state index in [4.69, 9.17) is 39.5 Å². The van der Waals surface area contributed by atoms with Crippen molar-refractivity contribution in [3.05, 3.63) is 37.5 Å². The molecule has 0 saturated heterocycles. The second-order valence-electron chi connectivity index (χ2n) is 3.13. The highest BCUT2D eigenvalue weighted by molar-refractivity contribution is 9.10. The van der Waals surface area contributed by atoms with Crippen LogP contribution in [0, 0.1) is 5.82 Å². The van der Waals surface area contributed by atoms with Crippen LogP contribution in [0.25, 0.3) is 0 Å². The van der Waals surface area contributed by atoms with Gasteiger partial charge in [0, 0.05) is 6.07 Å². The van der Waals surface area contributed by atoms with Crippen molar-refractivity contribution in [1.82, 2.24) is 4.98 Å². The van der Waals surface area contributed by atoms with E-state index in [1.807, 2.05) is 0 Å². The van der Waals surface area contributed by atoms with Gasteiger partial charge in [-0.05, 0) is 22.0 Å². The molecule has 0 radical (unpaired) electrons. The van der Waals surface area contributed by atoms with Crippen LogP contribution in [0.2, 0.25) is 10.2 Å². The second-order valence-corrected chi connectivity index (χ2v) is 6.06. The molecular weight excluding hydrogens is 387 g/mol. The molecule has 0 fully saturated rings. The zero-order valence-corrected chi connectivity index (χ0v) is 13.2. The number of hydrogen-bond acceptors (Lipinski definition) is 3. The van der Waals surface area contributed by atoms with E-state index in [2.05, 4.69) is 20.9 Å². The largest absolute Gasteiger partial charge is 0.430 e. The van der Waals surface area contributed by atoms with Crippen LogP contribution in [-0.2, 0) is 5.88 Å². The van der Waals surface area contributed by atoms with Gasteiger partial charge in [-0.1, -0.05) is 34.5 Å². The maximum atomic E-state index is 13.3. The van der Waals surface area contributed by atoms with Gasteiger partial charge < -0.3 is 4.74 Å². The number of hydrogen-bond donors (Lipinski definition) is 0. The predicted molar refractivity (Wildman–Crippen MR) is 75.9 cm³/mol. The van der Waals surface area contributed by atoms with Crippen molar-refractivity contribution in [2.75, 3.05) is 0 Å². The summed E-state index contributed by atoms with van der Waals surface area (Å²) in [7, 11) is 0. The Hall–Kier alpha value is -0.0700. The summed E-state index contributed by atoms with van der Waals surface area (Å²) < 4.78 is 19.3. The van der Waals surface area contributed by atoms with Crippen molar-refractivity contribution in [3.63, 3.8) is 0 Å². The fraction of sp³-hybridized carbons (Fsp3) is 0.100. The summed E-state index contributed by atoms with van der Waals surface area (Å²) in [4.78, 5) is 4.66. The molecule has 1 heterocycles. The molecule has 1 aromatic heterocycles. The minimum atomic E-state index is -0.574. The Bertz CT molecular complexity index is 593. The Morgan fingerprint density at radius 3 is 2.72 bits per heavy atom. The van der Waals surface area contributed by atoms with Crippen molar-refractivity contribution in [2.45, 2.75) is 5.88 Å². The van der Waals surface area contributed by atoms with Crippen LogP contribution in [0.3, 0.4) is 0 Å². The molecule has 0 atom stereocenters. The molecule has 8 heteroatoms. The Balaban J connectivity index is 2.30. The number of alkyl halides is 1. The van der Waals surface area contributed by atoms with Crippen LogP contribution in [0.15, 0.2) is 16.6 Å². The molecule has 0 unspecified atom stereocenters. The predicted octanol–water partition coefficient (Wildman–Crippen LogP) is 5.88. The zero-order valence-electron chi connectivity index (χ0n) is 8.52. The van der Waals surface area contributed by atoms with Gasteiger partial charge in [0.05, 0.1) is 20.3 Å². The number of aromatic nitrogens is 1. The van der Waals surface area contributed by atoms with Crippen LogP contribution in [0.1, 0.15) is 4.88 Å². The van der Waals surface area contributed by atoms with Crippen LogP contribution < -0.4 is 4.74 Å². The van der Waals surface area contributed by atoms with E-state index >= 15 is 0 Å². The molecule has 0 N–H and O–H groups in total. The average molecular weight is 391 g/mol. The summed E-state index contributed by atoms with van der Waals surface area (Å²) in [6, 6.07) is 2.58. The van der Waals surface area contributed by atoms with Crippen LogP contribution in [0.5, 0.6) is 10.9 Å². The van der Waals surface area contributed by atoms with Gasteiger partial charge in [-0.15, -0.1) is 11.6 Å². The van der Waals surface area contributed by atoms with Crippen LogP contribution in [-0.4, -0.2) is 4.98 Å². The molecule has 0 bridgehead atoms. The van der Waals surface area contributed by atoms with Crippen LogP contribution >= 0.6 is 62.1 Å². The first-order chi connectivity index (χ1) is 8.51. The smallest absolute Gasteiger partial charge is 0.280 e. The third-order valence-corrected chi connectivity index (χ3v) is 4.62. The molecule has 0 aliphatic heterocycles. The molecule has 0 amide bonds. The second kappa shape index (κ2) is 5.92. The van der Waals surface area contributed by atoms with Gasteiger partial charge in [-0.2, -0.15) is 4.98 Å². The molecule has 0 spiro atoms. The molecule has 1 aromatic carbocycles. The highest BCUT2D eigenvalue weighted by Gasteiger charge is 2.13. The first-order valence-corrected chi connectivity index (χ1v) is 7.45. The third-order valence-electron chi connectivity index (χ3n) is 1.92. The normalized spacial score (nSPS) is 10.7. The molecule has 18 heavy (non-hydrogen) atoms. The van der Waals surface area contributed by atoms with Crippen molar-refractivity contribution < 1.29 is 9.13 Å². The Morgan fingerprint density at radius 1 is 1.39 bits per heavy atom. The standard InChI is InChI=1S/C10H4BrCl3FNOS/c11-4-1-5(13)6(15)2-7(4)17-10-16-9(14)8(3-12)18-10/h1-2H,3H2. The highest BCUT2D eigenvalue weighted by Crippen LogP contribution is 2.37. The number of thiazole rings is 1. The molecule has 2 rings (SSSR count). The first-order valence-electron chi connectivity index (χ1n) is 4.55. The number of halogens is 5. The van der Waals surface area contributed by atoms with Crippen molar-refractivity contribution >= 4 is 62.1 Å². The third kappa shape index (κ3) is 3.08. The lowest BCUT2D eigenvalue weighted by Gasteiger charge is -2.05. The minimum Gasteiger partial charge on any atom is -0.430 e. The summed E-state index contributed by atoms with van der Waals surface area (Å²) in [6.45, 7) is 0. The molecule has 0 aliphatic rings. The van der Waals surface area contributed by atoms with E-state index < -0.39 is 5.82 Å². The van der Waals surface area contributed by atoms with Crippen molar-refractivity contribution in [3.8, 4) is 10.9 Å². The number of nitrogens with zero attached hydrogens (tertiary/aromatic N) is 1. The molecule has 0 saturated carbocycles. The van der Waals surface area contributed by atoms with Gasteiger partial charge in [0.25, 0.3) is 5.19 Å². The SMILES string of the molecule is Fc1cc(Oc2nc(Cl)c(CCl)s2)c(Br)cc1Cl. The Kier molecular flexibility index (Phi) is 4.72. The molecule has 0 aliphatic carbocycles. The molecule has 96 valence electrons. The van der Waals surface area contributed by atoms with Crippen molar-refractivity contribution in [2.24, 2.45) is 0 Å². The van der Waals surface area contributed by atoms with Crippen LogP contribution in [0.4, 0.5) is 4.39 Å². The number of rotatable bonds is 3. The monoisotopic (exact) mass is 389 g/mol. The fourth-order valence-electron chi connectivity index (χ4n) is 1.12. The van der Waals surface area contributed by atoms with E-state index in [1.54, 1.807) is 0 Å². The number of benzene rings is 1. The Morgan fingerprint density at radius 2 is 2.11 bits per heavy atom. The van der Waals surface area contributed by atoms with Gasteiger partial charge >= 0.3 is 0 Å². The Labute approximate surface area is 130 Å². The summed E-state index contributed by atoms with van der Waals surface area (Å²) in [5.74, 6) is -0.0609. The maximum absolute atomic E-state index is 13.3. The van der Waals surface area contributed by atoms with E-state index in [-0.39, 0.29) is 27.0 Å². The minimum absolute atomic E-state index is 0.00726. The highest BCUT2D eigenvalue weighted by atomic mass is 79.9. The fourth-order valence-corrected chi connectivity index (χ4v) is 3.17. The van der Waals surface area contributed by atoms with Gasteiger partial charge in [-0.3, -0.25) is 0 Å². The summed E-state index contributed by atoms with van der Waals surface area (Å²) in [5, 5.41) is 0.585. The van der Waals surface area contributed by atoms with Gasteiger partial charge in [0.2, 0.25) is 0 Å². The summed E-state index contributed by atoms with van der Waals surface area (Å²) in [5.41, 5.74) is 0. The lowest BCUT2D eigenvalue weighted by atomic mass is 10.3. The summed E-state index contributed by atoms with van der Waals surface area (Å²) in [6.07, 6.45) is 0. The van der Waals surface area contributed by atoms with E-state index in [0.717, 1.165) is 0 Å². The zero-order chi connectivity index (χ0) is 13.3. The lowest BCUT2D eigenvalue weighted by molar-refractivity contribution is 0.470. The first kappa shape index (κ1) is 14.3. The van der Waals surface area contributed by atoms with Gasteiger partial charge in [-0.25, -0.2) is 4.39 Å². The van der Waals surface area contributed by atoms with E-state index in [1.165, 1.54) is 23.5 Å². The quantitative estimate of drug-likeness (QED) is 0.481. The van der Waals surface area contributed by atoms with E-state index in [9.17, 15) is 4.39 Å². The lowest BCUT2D eigenvalue weighted by Crippen LogP contribution is -1.87. The molecule has 2 aromatic rings. The molecule has 2 nitrogen and oxygen atoms in total. The van der Waals surface area contributed by atoms with E-state index in [0.29, 0.717) is 9.35 Å². The summed E-state index contributed by atoms with van der Waals surface area (Å²) >= 11 is 21.6. The topological polar surface area (TPSA) is 22.1 Å². The van der Waals surface area contributed by atoms with Gasteiger partial charge in [0.1, 0.15) is 16.7 Å². The van der Waals surface area contributed by atoms with Crippen molar-refractivity contribution in [1.29, 1.82) is 0 Å². The number of ether oxygens (including phenoxy) is 1.